The number of nitrogens with zero attached hydrogens (tertiary/aromatic N) is 2. The first-order valence-corrected chi connectivity index (χ1v) is 6.00. The normalized spacial score (nSPS) is 12.8. The number of aromatic nitrogens is 1. The summed E-state index contributed by atoms with van der Waals surface area (Å²) in [6.45, 7) is 5.41. The Morgan fingerprint density at radius 3 is 2.88 bits per heavy atom. The molecule has 0 aliphatic rings. The third-order valence-corrected chi connectivity index (χ3v) is 2.98. The Hall–Kier alpha value is -1.09. The van der Waals surface area contributed by atoms with E-state index in [1.54, 1.807) is 0 Å². The minimum absolute atomic E-state index is 0.616. The average Bonchev–Trinajstić information content (AvgIpc) is 2.29. The maximum atomic E-state index is 4.39. The van der Waals surface area contributed by atoms with E-state index in [1.165, 1.54) is 12.8 Å². The van der Waals surface area contributed by atoms with Crippen molar-refractivity contribution in [1.29, 1.82) is 0 Å². The molecule has 0 radical (unpaired) electrons. The van der Waals surface area contributed by atoms with Gasteiger partial charge in [0.25, 0.3) is 0 Å². The second kappa shape index (κ2) is 6.48. The standard InChI is InChI=1S/C13H23N3/c1-5-6-11(2)16(4)10-13-9-12(14-3)7-8-15-13/h7-9,11H,5-6,10H2,1-4H3,(H,14,15). The van der Waals surface area contributed by atoms with Crippen LogP contribution in [0.25, 0.3) is 0 Å². The quantitative estimate of drug-likeness (QED) is 0.800. The van der Waals surface area contributed by atoms with Crippen LogP contribution in [0.4, 0.5) is 5.69 Å². The van der Waals surface area contributed by atoms with Gasteiger partial charge in [-0.2, -0.15) is 0 Å². The van der Waals surface area contributed by atoms with Gasteiger partial charge in [-0.05, 0) is 32.5 Å². The number of rotatable bonds is 6. The second-order valence-electron chi connectivity index (χ2n) is 4.34. The number of nitrogens with one attached hydrogen (secondary N) is 1. The lowest BCUT2D eigenvalue weighted by molar-refractivity contribution is 0.234. The van der Waals surface area contributed by atoms with Crippen LogP contribution in [-0.2, 0) is 6.54 Å². The van der Waals surface area contributed by atoms with Crippen LogP contribution in [0.5, 0.6) is 0 Å². The minimum atomic E-state index is 0.616. The predicted octanol–water partition coefficient (Wildman–Crippen LogP) is 2.74. The van der Waals surface area contributed by atoms with Gasteiger partial charge in [0.15, 0.2) is 0 Å². The summed E-state index contributed by atoms with van der Waals surface area (Å²) in [5.41, 5.74) is 2.25. The molecule has 0 spiro atoms. The van der Waals surface area contributed by atoms with Gasteiger partial charge in [-0.1, -0.05) is 13.3 Å². The molecule has 0 amide bonds. The van der Waals surface area contributed by atoms with E-state index in [0.29, 0.717) is 6.04 Å². The van der Waals surface area contributed by atoms with Crippen LogP contribution in [-0.4, -0.2) is 30.0 Å². The molecular formula is C13H23N3. The van der Waals surface area contributed by atoms with Gasteiger partial charge in [0.2, 0.25) is 0 Å². The van der Waals surface area contributed by atoms with E-state index in [1.807, 2.05) is 19.3 Å². The molecule has 1 N–H and O–H groups in total. The summed E-state index contributed by atoms with van der Waals surface area (Å²) in [4.78, 5) is 6.74. The van der Waals surface area contributed by atoms with E-state index in [4.69, 9.17) is 0 Å². The lowest BCUT2D eigenvalue weighted by Crippen LogP contribution is -2.28. The molecule has 1 rings (SSSR count). The Morgan fingerprint density at radius 1 is 1.50 bits per heavy atom. The maximum absolute atomic E-state index is 4.39. The lowest BCUT2D eigenvalue weighted by Gasteiger charge is -2.24. The van der Waals surface area contributed by atoms with Gasteiger partial charge in [0.05, 0.1) is 5.69 Å². The predicted molar refractivity (Wildman–Crippen MR) is 69.6 cm³/mol. The van der Waals surface area contributed by atoms with Crippen molar-refractivity contribution in [3.8, 4) is 0 Å². The maximum Gasteiger partial charge on any atom is 0.0564 e. The highest BCUT2D eigenvalue weighted by Crippen LogP contribution is 2.11. The van der Waals surface area contributed by atoms with E-state index in [2.05, 4.69) is 42.2 Å². The van der Waals surface area contributed by atoms with Crippen LogP contribution >= 0.6 is 0 Å². The van der Waals surface area contributed by atoms with Crippen molar-refractivity contribution >= 4 is 5.69 Å². The fourth-order valence-corrected chi connectivity index (χ4v) is 1.77. The zero-order chi connectivity index (χ0) is 12.0. The Morgan fingerprint density at radius 2 is 2.25 bits per heavy atom. The zero-order valence-corrected chi connectivity index (χ0v) is 10.8. The van der Waals surface area contributed by atoms with E-state index in [0.717, 1.165) is 17.9 Å². The Labute approximate surface area is 98.9 Å². The van der Waals surface area contributed by atoms with Gasteiger partial charge in [-0.25, -0.2) is 0 Å². The molecule has 0 fully saturated rings. The topological polar surface area (TPSA) is 28.2 Å². The average molecular weight is 221 g/mol. The monoisotopic (exact) mass is 221 g/mol. The molecule has 1 aromatic rings. The number of hydrogen-bond donors (Lipinski definition) is 1. The second-order valence-corrected chi connectivity index (χ2v) is 4.34. The molecule has 90 valence electrons. The first-order chi connectivity index (χ1) is 7.67. The van der Waals surface area contributed by atoms with Gasteiger partial charge in [-0.3, -0.25) is 9.88 Å². The SMILES string of the molecule is CCCC(C)N(C)Cc1cc(NC)ccn1. The zero-order valence-electron chi connectivity index (χ0n) is 10.8. The third-order valence-electron chi connectivity index (χ3n) is 2.98. The molecule has 3 heteroatoms. The molecule has 3 nitrogen and oxygen atoms in total. The van der Waals surface area contributed by atoms with Crippen LogP contribution in [0, 0.1) is 0 Å². The third kappa shape index (κ3) is 3.81. The van der Waals surface area contributed by atoms with Crippen molar-refractivity contribution in [3.63, 3.8) is 0 Å². The van der Waals surface area contributed by atoms with E-state index in [9.17, 15) is 0 Å². The van der Waals surface area contributed by atoms with Crippen LogP contribution < -0.4 is 5.32 Å². The molecule has 0 aliphatic heterocycles. The minimum Gasteiger partial charge on any atom is -0.388 e. The van der Waals surface area contributed by atoms with Gasteiger partial charge in [0, 0.05) is 31.5 Å². The molecule has 1 aromatic heterocycles. The van der Waals surface area contributed by atoms with Crippen molar-refractivity contribution in [1.82, 2.24) is 9.88 Å². The summed E-state index contributed by atoms with van der Waals surface area (Å²) < 4.78 is 0. The summed E-state index contributed by atoms with van der Waals surface area (Å²) >= 11 is 0. The smallest absolute Gasteiger partial charge is 0.0564 e. The highest BCUT2D eigenvalue weighted by molar-refractivity contribution is 5.42. The van der Waals surface area contributed by atoms with Gasteiger partial charge in [-0.15, -0.1) is 0 Å². The summed E-state index contributed by atoms with van der Waals surface area (Å²) in [7, 11) is 4.09. The molecule has 0 saturated heterocycles. The van der Waals surface area contributed by atoms with Crippen LogP contribution in [0.1, 0.15) is 32.4 Å². The Balaban J connectivity index is 2.58. The van der Waals surface area contributed by atoms with Crippen molar-refractivity contribution in [2.75, 3.05) is 19.4 Å². The van der Waals surface area contributed by atoms with Crippen LogP contribution in [0.3, 0.4) is 0 Å². The van der Waals surface area contributed by atoms with Crippen LogP contribution in [0.2, 0.25) is 0 Å². The van der Waals surface area contributed by atoms with E-state index >= 15 is 0 Å². The summed E-state index contributed by atoms with van der Waals surface area (Å²) in [6, 6.07) is 4.71. The summed E-state index contributed by atoms with van der Waals surface area (Å²) in [6.07, 6.45) is 4.33. The molecule has 16 heavy (non-hydrogen) atoms. The molecule has 0 bridgehead atoms. The molecule has 1 heterocycles. The molecule has 0 aromatic carbocycles. The van der Waals surface area contributed by atoms with E-state index < -0.39 is 0 Å². The number of anilines is 1. The molecular weight excluding hydrogens is 198 g/mol. The van der Waals surface area contributed by atoms with Crippen molar-refractivity contribution in [2.45, 2.75) is 39.3 Å². The Bertz CT molecular complexity index is 312. The number of hydrogen-bond acceptors (Lipinski definition) is 3. The molecule has 1 unspecified atom stereocenters. The van der Waals surface area contributed by atoms with Crippen molar-refractivity contribution in [3.05, 3.63) is 24.0 Å². The van der Waals surface area contributed by atoms with Crippen molar-refractivity contribution in [2.24, 2.45) is 0 Å². The molecule has 0 saturated carbocycles. The van der Waals surface area contributed by atoms with E-state index in [-0.39, 0.29) is 0 Å². The van der Waals surface area contributed by atoms with Crippen molar-refractivity contribution < 1.29 is 0 Å². The van der Waals surface area contributed by atoms with Crippen LogP contribution in [0.15, 0.2) is 18.3 Å². The van der Waals surface area contributed by atoms with Gasteiger partial charge in [0.1, 0.15) is 0 Å². The molecule has 0 aliphatic carbocycles. The largest absolute Gasteiger partial charge is 0.388 e. The highest BCUT2D eigenvalue weighted by atomic mass is 15.1. The fourth-order valence-electron chi connectivity index (χ4n) is 1.77. The fraction of sp³-hybridized carbons (Fsp3) is 0.615. The lowest BCUT2D eigenvalue weighted by atomic mass is 10.1. The summed E-state index contributed by atoms with van der Waals surface area (Å²) in [5, 5.41) is 3.14. The molecule has 1 atom stereocenters. The Kier molecular flexibility index (Phi) is 5.26. The van der Waals surface area contributed by atoms with Gasteiger partial charge >= 0.3 is 0 Å². The first-order valence-electron chi connectivity index (χ1n) is 6.00. The first kappa shape index (κ1) is 13.0. The number of pyridine rings is 1. The van der Waals surface area contributed by atoms with Gasteiger partial charge < -0.3 is 5.32 Å². The summed E-state index contributed by atoms with van der Waals surface area (Å²) in [5.74, 6) is 0. The highest BCUT2D eigenvalue weighted by Gasteiger charge is 2.09.